The molecular formula is C15H15ClN2OS. The number of carbonyl (C=O) groups excluding carboxylic acids is 1. The molecule has 2 aromatic carbocycles. The predicted molar refractivity (Wildman–Crippen MR) is 85.5 cm³/mol. The van der Waals surface area contributed by atoms with Crippen molar-refractivity contribution in [3.8, 4) is 0 Å². The third kappa shape index (κ3) is 3.54. The van der Waals surface area contributed by atoms with E-state index < -0.39 is 0 Å². The van der Waals surface area contributed by atoms with Crippen molar-refractivity contribution in [1.29, 1.82) is 0 Å². The largest absolute Gasteiger partial charge is 0.326 e. The number of amides is 1. The Labute approximate surface area is 127 Å². The molecule has 20 heavy (non-hydrogen) atoms. The molecule has 3 nitrogen and oxygen atoms in total. The van der Waals surface area contributed by atoms with E-state index in [2.05, 4.69) is 5.32 Å². The molecule has 1 amide bonds. The van der Waals surface area contributed by atoms with Crippen LogP contribution in [-0.4, -0.2) is 12.2 Å². The van der Waals surface area contributed by atoms with Crippen molar-refractivity contribution in [1.82, 2.24) is 0 Å². The lowest BCUT2D eigenvalue weighted by molar-refractivity contribution is 0.102. The molecule has 0 saturated heterocycles. The fraction of sp³-hybridized carbons (Fsp3) is 0.133. The molecule has 0 spiro atoms. The van der Waals surface area contributed by atoms with Gasteiger partial charge in [-0.3, -0.25) is 4.79 Å². The molecule has 5 heteroatoms. The zero-order chi connectivity index (χ0) is 14.5. The molecule has 0 aromatic heterocycles. The van der Waals surface area contributed by atoms with E-state index in [0.717, 1.165) is 10.5 Å². The number of nitrogens with two attached hydrogens (primary N) is 1. The SMILES string of the molecule is CSc1ccc(Cl)c(C(=O)Nc2cccc(CN)c2)c1. The average molecular weight is 307 g/mol. The van der Waals surface area contributed by atoms with Gasteiger partial charge in [0.1, 0.15) is 0 Å². The third-order valence-corrected chi connectivity index (χ3v) is 3.89. The number of anilines is 1. The van der Waals surface area contributed by atoms with E-state index in [0.29, 0.717) is 22.8 Å². The van der Waals surface area contributed by atoms with Crippen LogP contribution >= 0.6 is 23.4 Å². The molecule has 0 aliphatic rings. The highest BCUT2D eigenvalue weighted by atomic mass is 35.5. The fourth-order valence-electron chi connectivity index (χ4n) is 1.78. The predicted octanol–water partition coefficient (Wildman–Crippen LogP) is 3.77. The molecule has 104 valence electrons. The van der Waals surface area contributed by atoms with Gasteiger partial charge in [-0.2, -0.15) is 0 Å². The van der Waals surface area contributed by atoms with Gasteiger partial charge in [-0.05, 0) is 42.2 Å². The lowest BCUT2D eigenvalue weighted by Crippen LogP contribution is -2.13. The summed E-state index contributed by atoms with van der Waals surface area (Å²) in [6.45, 7) is 0.437. The Bertz CT molecular complexity index is 631. The summed E-state index contributed by atoms with van der Waals surface area (Å²) < 4.78 is 0. The van der Waals surface area contributed by atoms with Crippen molar-refractivity contribution < 1.29 is 4.79 Å². The Balaban J connectivity index is 2.23. The molecule has 0 bridgehead atoms. The summed E-state index contributed by atoms with van der Waals surface area (Å²) in [6.07, 6.45) is 1.95. The van der Waals surface area contributed by atoms with Crippen molar-refractivity contribution in [2.24, 2.45) is 5.73 Å². The van der Waals surface area contributed by atoms with E-state index in [-0.39, 0.29) is 5.91 Å². The molecule has 0 aliphatic heterocycles. The summed E-state index contributed by atoms with van der Waals surface area (Å²) in [5.74, 6) is -0.222. The minimum absolute atomic E-state index is 0.222. The first kappa shape index (κ1) is 14.9. The number of nitrogens with one attached hydrogen (secondary N) is 1. The average Bonchev–Trinajstić information content (AvgIpc) is 2.47. The van der Waals surface area contributed by atoms with Gasteiger partial charge in [-0.15, -0.1) is 11.8 Å². The summed E-state index contributed by atoms with van der Waals surface area (Å²) in [4.78, 5) is 13.3. The number of halogens is 1. The van der Waals surface area contributed by atoms with Crippen molar-refractivity contribution in [2.45, 2.75) is 11.4 Å². The Hall–Kier alpha value is -1.49. The zero-order valence-corrected chi connectivity index (χ0v) is 12.6. The molecule has 0 atom stereocenters. The summed E-state index contributed by atoms with van der Waals surface area (Å²) in [5.41, 5.74) is 7.73. The number of thioether (sulfide) groups is 1. The van der Waals surface area contributed by atoms with Crippen LogP contribution in [0.25, 0.3) is 0 Å². The Morgan fingerprint density at radius 3 is 2.80 bits per heavy atom. The summed E-state index contributed by atoms with van der Waals surface area (Å²) in [5, 5.41) is 3.28. The number of carbonyl (C=O) groups is 1. The number of benzene rings is 2. The molecule has 2 rings (SSSR count). The van der Waals surface area contributed by atoms with Crippen molar-refractivity contribution in [2.75, 3.05) is 11.6 Å². The van der Waals surface area contributed by atoms with Crippen LogP contribution in [0.5, 0.6) is 0 Å². The molecule has 3 N–H and O–H groups in total. The van der Waals surface area contributed by atoms with Gasteiger partial charge in [0, 0.05) is 17.1 Å². The Kier molecular flexibility index (Phi) is 5.06. The van der Waals surface area contributed by atoms with E-state index in [9.17, 15) is 4.79 Å². The number of hydrogen-bond donors (Lipinski definition) is 2. The van der Waals surface area contributed by atoms with Gasteiger partial charge in [-0.1, -0.05) is 23.7 Å². The second kappa shape index (κ2) is 6.79. The van der Waals surface area contributed by atoms with Gasteiger partial charge in [0.25, 0.3) is 5.91 Å². The molecular weight excluding hydrogens is 292 g/mol. The lowest BCUT2D eigenvalue weighted by Gasteiger charge is -2.09. The van der Waals surface area contributed by atoms with E-state index in [4.69, 9.17) is 17.3 Å². The normalized spacial score (nSPS) is 10.3. The summed E-state index contributed by atoms with van der Waals surface area (Å²) in [6, 6.07) is 12.9. The van der Waals surface area contributed by atoms with E-state index in [1.165, 1.54) is 0 Å². The highest BCUT2D eigenvalue weighted by molar-refractivity contribution is 7.98. The maximum absolute atomic E-state index is 12.3. The third-order valence-electron chi connectivity index (χ3n) is 2.84. The second-order valence-corrected chi connectivity index (χ2v) is 5.49. The van der Waals surface area contributed by atoms with Gasteiger partial charge in [0.05, 0.1) is 10.6 Å². The van der Waals surface area contributed by atoms with Crippen LogP contribution in [0, 0.1) is 0 Å². The number of hydrogen-bond acceptors (Lipinski definition) is 3. The zero-order valence-electron chi connectivity index (χ0n) is 11.0. The van der Waals surface area contributed by atoms with E-state index >= 15 is 0 Å². The second-order valence-electron chi connectivity index (χ2n) is 4.20. The minimum atomic E-state index is -0.222. The van der Waals surface area contributed by atoms with Crippen LogP contribution in [0.1, 0.15) is 15.9 Å². The molecule has 0 saturated carbocycles. The number of rotatable bonds is 4. The summed E-state index contributed by atoms with van der Waals surface area (Å²) in [7, 11) is 0. The van der Waals surface area contributed by atoms with Crippen molar-refractivity contribution >= 4 is 35.0 Å². The Morgan fingerprint density at radius 2 is 2.10 bits per heavy atom. The van der Waals surface area contributed by atoms with Crippen LogP contribution in [0.4, 0.5) is 5.69 Å². The first-order chi connectivity index (χ1) is 9.63. The fourth-order valence-corrected chi connectivity index (χ4v) is 2.42. The smallest absolute Gasteiger partial charge is 0.257 e. The molecule has 0 unspecified atom stereocenters. The minimum Gasteiger partial charge on any atom is -0.326 e. The van der Waals surface area contributed by atoms with Gasteiger partial charge >= 0.3 is 0 Å². The topological polar surface area (TPSA) is 55.1 Å². The van der Waals surface area contributed by atoms with Crippen molar-refractivity contribution in [3.05, 3.63) is 58.6 Å². The standard InChI is InChI=1S/C15H15ClN2OS/c1-20-12-5-6-14(16)13(8-12)15(19)18-11-4-2-3-10(7-11)9-17/h2-8H,9,17H2,1H3,(H,18,19). The highest BCUT2D eigenvalue weighted by Crippen LogP contribution is 2.24. The van der Waals surface area contributed by atoms with Gasteiger partial charge in [0.15, 0.2) is 0 Å². The Morgan fingerprint density at radius 1 is 1.30 bits per heavy atom. The van der Waals surface area contributed by atoms with Crippen LogP contribution < -0.4 is 11.1 Å². The van der Waals surface area contributed by atoms with Crippen LogP contribution in [-0.2, 0) is 6.54 Å². The molecule has 0 aliphatic carbocycles. The highest BCUT2D eigenvalue weighted by Gasteiger charge is 2.11. The van der Waals surface area contributed by atoms with E-state index in [1.807, 2.05) is 36.6 Å². The monoisotopic (exact) mass is 306 g/mol. The molecule has 2 aromatic rings. The van der Waals surface area contributed by atoms with E-state index in [1.54, 1.807) is 23.9 Å². The quantitative estimate of drug-likeness (QED) is 0.845. The van der Waals surface area contributed by atoms with Gasteiger partial charge < -0.3 is 11.1 Å². The van der Waals surface area contributed by atoms with Crippen LogP contribution in [0.2, 0.25) is 5.02 Å². The van der Waals surface area contributed by atoms with Crippen LogP contribution in [0.15, 0.2) is 47.4 Å². The maximum atomic E-state index is 12.3. The van der Waals surface area contributed by atoms with Gasteiger partial charge in [-0.25, -0.2) is 0 Å². The molecule has 0 fully saturated rings. The van der Waals surface area contributed by atoms with Gasteiger partial charge in [0.2, 0.25) is 0 Å². The van der Waals surface area contributed by atoms with Crippen LogP contribution in [0.3, 0.4) is 0 Å². The summed E-state index contributed by atoms with van der Waals surface area (Å²) >= 11 is 7.65. The molecule has 0 radical (unpaired) electrons. The molecule has 0 heterocycles. The maximum Gasteiger partial charge on any atom is 0.257 e. The first-order valence-corrected chi connectivity index (χ1v) is 7.68. The van der Waals surface area contributed by atoms with Crippen molar-refractivity contribution in [3.63, 3.8) is 0 Å². The first-order valence-electron chi connectivity index (χ1n) is 6.08. The lowest BCUT2D eigenvalue weighted by atomic mass is 10.1.